The van der Waals surface area contributed by atoms with Gasteiger partial charge in [0.25, 0.3) is 5.91 Å². The van der Waals surface area contributed by atoms with Crippen LogP contribution in [0.3, 0.4) is 0 Å². The summed E-state index contributed by atoms with van der Waals surface area (Å²) in [5.41, 5.74) is 1.11. The van der Waals surface area contributed by atoms with Gasteiger partial charge in [-0.3, -0.25) is 4.79 Å². The Balaban J connectivity index is 2.10. The van der Waals surface area contributed by atoms with Crippen LogP contribution in [-0.2, 0) is 0 Å². The molecule has 20 heavy (non-hydrogen) atoms. The maximum absolute atomic E-state index is 13.1. The molecular weight excluding hydrogens is 302 g/mol. The van der Waals surface area contributed by atoms with Crippen molar-refractivity contribution in [3.63, 3.8) is 0 Å². The number of carbonyl (C=O) groups excluding carboxylic acids is 1. The molecule has 0 saturated carbocycles. The molecule has 1 atom stereocenters. The van der Waals surface area contributed by atoms with Gasteiger partial charge in [0.1, 0.15) is 11.0 Å². The number of nitrogens with zero attached hydrogens (tertiary/aromatic N) is 1. The van der Waals surface area contributed by atoms with E-state index >= 15 is 0 Å². The zero-order chi connectivity index (χ0) is 14.7. The van der Waals surface area contributed by atoms with Gasteiger partial charge >= 0.3 is 0 Å². The summed E-state index contributed by atoms with van der Waals surface area (Å²) in [4.78, 5) is 15.8. The topological polar surface area (TPSA) is 42.0 Å². The quantitative estimate of drug-likeness (QED) is 0.870. The Hall–Kier alpha value is -1.65. The van der Waals surface area contributed by atoms with Crippen LogP contribution in [0.5, 0.6) is 0 Å². The van der Waals surface area contributed by atoms with Crippen molar-refractivity contribution in [2.24, 2.45) is 0 Å². The van der Waals surface area contributed by atoms with Crippen molar-refractivity contribution in [2.75, 3.05) is 0 Å². The normalized spacial score (nSPS) is 12.0. The molecule has 2 rings (SSSR count). The van der Waals surface area contributed by atoms with E-state index in [1.54, 1.807) is 19.1 Å². The van der Waals surface area contributed by atoms with Gasteiger partial charge in [-0.1, -0.05) is 29.3 Å². The van der Waals surface area contributed by atoms with Crippen molar-refractivity contribution in [1.29, 1.82) is 0 Å². The molecule has 1 N–H and O–H groups in total. The molecule has 0 fully saturated rings. The molecule has 0 aliphatic heterocycles. The van der Waals surface area contributed by atoms with Gasteiger partial charge in [-0.05, 0) is 36.8 Å². The van der Waals surface area contributed by atoms with Crippen LogP contribution in [0, 0.1) is 5.82 Å². The maximum atomic E-state index is 13.1. The van der Waals surface area contributed by atoms with Crippen molar-refractivity contribution in [3.8, 4) is 0 Å². The summed E-state index contributed by atoms with van der Waals surface area (Å²) in [7, 11) is 0. The van der Waals surface area contributed by atoms with E-state index in [4.69, 9.17) is 23.2 Å². The summed E-state index contributed by atoms with van der Waals surface area (Å²) < 4.78 is 13.1. The van der Waals surface area contributed by atoms with Crippen LogP contribution in [0.25, 0.3) is 0 Å². The summed E-state index contributed by atoms with van der Waals surface area (Å²) in [5, 5.41) is 3.12. The number of benzene rings is 1. The number of rotatable bonds is 3. The first-order valence-corrected chi connectivity index (χ1v) is 6.60. The molecule has 0 bridgehead atoms. The van der Waals surface area contributed by atoms with E-state index in [0.717, 1.165) is 0 Å². The third-order valence-corrected chi connectivity index (χ3v) is 3.29. The fraction of sp³-hybridized carbons (Fsp3) is 0.143. The van der Waals surface area contributed by atoms with Crippen LogP contribution >= 0.6 is 23.2 Å². The van der Waals surface area contributed by atoms with E-state index < -0.39 is 5.82 Å². The summed E-state index contributed by atoms with van der Waals surface area (Å²) in [6, 6.07) is 7.14. The van der Waals surface area contributed by atoms with Gasteiger partial charge in [0.2, 0.25) is 0 Å². The largest absolute Gasteiger partial charge is 0.345 e. The van der Waals surface area contributed by atoms with E-state index in [-0.39, 0.29) is 17.0 Å². The second-order valence-electron chi connectivity index (χ2n) is 4.24. The molecule has 1 amide bonds. The molecule has 1 aromatic heterocycles. The van der Waals surface area contributed by atoms with Crippen LogP contribution in [0.15, 0.2) is 36.5 Å². The summed E-state index contributed by atoms with van der Waals surface area (Å²) in [6.45, 7) is 1.78. The molecule has 1 heterocycles. The number of carbonyl (C=O) groups is 1. The maximum Gasteiger partial charge on any atom is 0.253 e. The summed E-state index contributed by atoms with van der Waals surface area (Å²) in [5.74, 6) is -0.780. The molecule has 0 aliphatic carbocycles. The average molecular weight is 313 g/mol. The average Bonchev–Trinajstić information content (AvgIpc) is 2.42. The van der Waals surface area contributed by atoms with Crippen LogP contribution in [0.2, 0.25) is 10.2 Å². The van der Waals surface area contributed by atoms with Gasteiger partial charge < -0.3 is 5.32 Å². The van der Waals surface area contributed by atoms with Crippen LogP contribution in [0.4, 0.5) is 4.39 Å². The zero-order valence-corrected chi connectivity index (χ0v) is 12.0. The summed E-state index contributed by atoms with van der Waals surface area (Å²) in [6.07, 6.45) is 1.39. The Morgan fingerprint density at radius 1 is 1.30 bits per heavy atom. The number of hydrogen-bond donors (Lipinski definition) is 1. The third kappa shape index (κ3) is 3.46. The number of aromatic nitrogens is 1. The molecule has 1 unspecified atom stereocenters. The fourth-order valence-electron chi connectivity index (χ4n) is 1.66. The zero-order valence-electron chi connectivity index (χ0n) is 10.5. The molecule has 0 aliphatic rings. The third-order valence-electron chi connectivity index (χ3n) is 2.78. The molecule has 2 aromatic rings. The predicted molar refractivity (Wildman–Crippen MR) is 76.5 cm³/mol. The van der Waals surface area contributed by atoms with Crippen molar-refractivity contribution in [1.82, 2.24) is 10.3 Å². The van der Waals surface area contributed by atoms with Gasteiger partial charge in [0.15, 0.2) is 0 Å². The molecule has 0 spiro atoms. The van der Waals surface area contributed by atoms with Gasteiger partial charge in [0.05, 0.1) is 16.6 Å². The van der Waals surface area contributed by atoms with Crippen molar-refractivity contribution >= 4 is 29.1 Å². The van der Waals surface area contributed by atoms with Crippen LogP contribution in [-0.4, -0.2) is 10.9 Å². The smallest absolute Gasteiger partial charge is 0.253 e. The first-order chi connectivity index (χ1) is 9.47. The Morgan fingerprint density at radius 2 is 2.05 bits per heavy atom. The minimum absolute atomic E-state index is 0.0248. The van der Waals surface area contributed by atoms with Gasteiger partial charge in [-0.15, -0.1) is 0 Å². The highest BCUT2D eigenvalue weighted by atomic mass is 35.5. The van der Waals surface area contributed by atoms with Crippen molar-refractivity contribution in [3.05, 3.63) is 63.6 Å². The molecule has 0 saturated heterocycles. The van der Waals surface area contributed by atoms with Gasteiger partial charge in [0, 0.05) is 6.20 Å². The molecule has 104 valence electrons. The minimum atomic E-state index is -0.490. The van der Waals surface area contributed by atoms with Gasteiger partial charge in [-0.2, -0.15) is 0 Å². The highest BCUT2D eigenvalue weighted by Crippen LogP contribution is 2.21. The first kappa shape index (κ1) is 14.8. The molecule has 1 aromatic carbocycles. The standard InChI is InChI=1S/C14H11Cl2FN2O/c1-8(9-2-4-12(17)11(15)6-9)19-14(20)10-3-5-13(16)18-7-10/h2-8H,1H3,(H,19,20). The lowest BCUT2D eigenvalue weighted by molar-refractivity contribution is 0.0939. The number of amides is 1. The van der Waals surface area contributed by atoms with E-state index in [2.05, 4.69) is 10.3 Å². The van der Waals surface area contributed by atoms with E-state index in [0.29, 0.717) is 16.3 Å². The lowest BCUT2D eigenvalue weighted by atomic mass is 10.1. The lowest BCUT2D eigenvalue weighted by Gasteiger charge is -2.14. The van der Waals surface area contributed by atoms with E-state index in [9.17, 15) is 9.18 Å². The Bertz CT molecular complexity index is 632. The Morgan fingerprint density at radius 3 is 2.65 bits per heavy atom. The monoisotopic (exact) mass is 312 g/mol. The predicted octanol–water partition coefficient (Wildman–Crippen LogP) is 4.02. The second kappa shape index (κ2) is 6.20. The Labute approximate surface area is 125 Å². The minimum Gasteiger partial charge on any atom is -0.345 e. The van der Waals surface area contributed by atoms with E-state index in [1.165, 1.54) is 24.4 Å². The van der Waals surface area contributed by atoms with Gasteiger partial charge in [-0.25, -0.2) is 9.37 Å². The SMILES string of the molecule is CC(NC(=O)c1ccc(Cl)nc1)c1ccc(F)c(Cl)c1. The second-order valence-corrected chi connectivity index (χ2v) is 5.03. The van der Waals surface area contributed by atoms with E-state index in [1.807, 2.05) is 0 Å². The molecule has 0 radical (unpaired) electrons. The van der Waals surface area contributed by atoms with Crippen LogP contribution < -0.4 is 5.32 Å². The molecule has 6 heteroatoms. The summed E-state index contributed by atoms with van der Waals surface area (Å²) >= 11 is 11.4. The molecular formula is C14H11Cl2FN2O. The number of nitrogens with one attached hydrogen (secondary N) is 1. The number of halogens is 3. The molecule has 3 nitrogen and oxygen atoms in total. The highest BCUT2D eigenvalue weighted by Gasteiger charge is 2.13. The first-order valence-electron chi connectivity index (χ1n) is 5.84. The number of pyridine rings is 1. The fourth-order valence-corrected chi connectivity index (χ4v) is 1.96. The van der Waals surface area contributed by atoms with Crippen LogP contribution in [0.1, 0.15) is 28.9 Å². The highest BCUT2D eigenvalue weighted by molar-refractivity contribution is 6.30. The lowest BCUT2D eigenvalue weighted by Crippen LogP contribution is -2.26. The van der Waals surface area contributed by atoms with Crippen molar-refractivity contribution < 1.29 is 9.18 Å². The number of hydrogen-bond acceptors (Lipinski definition) is 2. The van der Waals surface area contributed by atoms with Crippen molar-refractivity contribution in [2.45, 2.75) is 13.0 Å². The Kier molecular flexibility index (Phi) is 4.57.